The van der Waals surface area contributed by atoms with Gasteiger partial charge in [0.15, 0.2) is 0 Å². The summed E-state index contributed by atoms with van der Waals surface area (Å²) < 4.78 is 25.0. The van der Waals surface area contributed by atoms with E-state index in [1.165, 1.54) is 23.7 Å². The van der Waals surface area contributed by atoms with E-state index in [9.17, 15) is 9.50 Å². The molecule has 1 aromatic carbocycles. The average molecular weight is 503 g/mol. The molecule has 0 spiro atoms. The lowest BCUT2D eigenvalue weighted by molar-refractivity contribution is 0.134. The lowest BCUT2D eigenvalue weighted by Crippen LogP contribution is -2.45. The Balaban J connectivity index is 1.47. The minimum Gasteiger partial charge on any atom is -0.493 e. The van der Waals surface area contributed by atoms with Crippen LogP contribution in [-0.2, 0) is 0 Å². The maximum atomic E-state index is 13.7. The molecule has 0 atom stereocenters. The van der Waals surface area contributed by atoms with E-state index in [-0.39, 0.29) is 5.88 Å². The zero-order valence-corrected chi connectivity index (χ0v) is 20.4. The number of nitrogens with zero attached hydrogens (tertiary/aromatic N) is 4. The first-order valence-electron chi connectivity index (χ1n) is 11.0. The molecule has 1 N–H and O–H groups in total. The maximum Gasteiger partial charge on any atom is 0.278 e. The van der Waals surface area contributed by atoms with Gasteiger partial charge in [0.1, 0.15) is 29.3 Å². The summed E-state index contributed by atoms with van der Waals surface area (Å²) in [6.45, 7) is 7.43. The van der Waals surface area contributed by atoms with Crippen LogP contribution < -0.4 is 4.74 Å². The fraction of sp³-hybridized carbons (Fsp3) is 0.333. The van der Waals surface area contributed by atoms with Crippen molar-refractivity contribution in [3.8, 4) is 33.4 Å². The lowest BCUT2D eigenvalue weighted by Gasteiger charge is -2.32. The number of likely N-dealkylation sites (N-methyl/N-ethyl adjacent to an activating group) is 1. The van der Waals surface area contributed by atoms with Crippen LogP contribution in [0.1, 0.15) is 5.56 Å². The van der Waals surface area contributed by atoms with Crippen molar-refractivity contribution in [1.29, 1.82) is 0 Å². The number of halogens is 2. The molecular weight excluding hydrogens is 479 g/mol. The molecule has 1 aliphatic rings. The van der Waals surface area contributed by atoms with Gasteiger partial charge in [-0.1, -0.05) is 17.7 Å². The molecule has 1 saturated heterocycles. The molecule has 178 valence electrons. The predicted octanol–water partition coefficient (Wildman–Crippen LogP) is 5.05. The number of hydrogen-bond acceptors (Lipinski definition) is 8. The monoisotopic (exact) mass is 502 g/mol. The number of rotatable bonds is 6. The molecule has 0 unspecified atom stereocenters. The van der Waals surface area contributed by atoms with Gasteiger partial charge in [0.05, 0.1) is 15.3 Å². The highest BCUT2D eigenvalue weighted by Crippen LogP contribution is 2.49. The first kappa shape index (κ1) is 23.0. The molecule has 0 saturated carbocycles. The Kier molecular flexibility index (Phi) is 6.44. The first-order valence-corrected chi connectivity index (χ1v) is 12.2. The third kappa shape index (κ3) is 4.36. The molecule has 1 fully saturated rings. The Labute approximate surface area is 205 Å². The highest BCUT2D eigenvalue weighted by molar-refractivity contribution is 7.22. The average Bonchev–Trinajstić information content (AvgIpc) is 3.42. The van der Waals surface area contributed by atoms with Crippen LogP contribution in [0.5, 0.6) is 11.6 Å². The van der Waals surface area contributed by atoms with E-state index in [4.69, 9.17) is 20.8 Å². The van der Waals surface area contributed by atoms with Gasteiger partial charge in [-0.3, -0.25) is 4.90 Å². The van der Waals surface area contributed by atoms with E-state index in [0.29, 0.717) is 43.8 Å². The molecule has 34 heavy (non-hydrogen) atoms. The van der Waals surface area contributed by atoms with Gasteiger partial charge in [-0.05, 0) is 37.2 Å². The zero-order valence-electron chi connectivity index (χ0n) is 18.8. The summed E-state index contributed by atoms with van der Waals surface area (Å²) in [7, 11) is 2.13. The number of fused-ring (bicyclic) bond motifs is 1. The number of hydrogen-bond donors (Lipinski definition) is 1. The molecule has 0 bridgehead atoms. The van der Waals surface area contributed by atoms with Gasteiger partial charge in [-0.25, -0.2) is 9.97 Å². The molecule has 7 nitrogen and oxygen atoms in total. The van der Waals surface area contributed by atoms with Crippen molar-refractivity contribution in [1.82, 2.24) is 19.8 Å². The Hall–Kier alpha value is -2.72. The van der Waals surface area contributed by atoms with Crippen LogP contribution >= 0.6 is 22.9 Å². The molecule has 10 heteroatoms. The van der Waals surface area contributed by atoms with Crippen LogP contribution in [0.4, 0.5) is 4.39 Å². The Morgan fingerprint density at radius 3 is 2.71 bits per heavy atom. The van der Waals surface area contributed by atoms with Crippen LogP contribution in [0, 0.1) is 12.9 Å². The van der Waals surface area contributed by atoms with E-state index in [2.05, 4.69) is 26.8 Å². The smallest absolute Gasteiger partial charge is 0.278 e. The summed E-state index contributed by atoms with van der Waals surface area (Å²) in [4.78, 5) is 14.1. The van der Waals surface area contributed by atoms with E-state index < -0.39 is 6.01 Å². The van der Waals surface area contributed by atoms with Crippen LogP contribution in [0.25, 0.3) is 32.0 Å². The molecule has 5 rings (SSSR count). The summed E-state index contributed by atoms with van der Waals surface area (Å²) in [6, 6.07) is 5.84. The van der Waals surface area contributed by atoms with Crippen LogP contribution in [0.2, 0.25) is 5.02 Å². The normalized spacial score (nSPS) is 15.3. The molecule has 4 heterocycles. The van der Waals surface area contributed by atoms with E-state index >= 15 is 0 Å². The van der Waals surface area contributed by atoms with Gasteiger partial charge >= 0.3 is 0 Å². The van der Waals surface area contributed by atoms with Crippen molar-refractivity contribution in [3.05, 3.63) is 47.2 Å². The highest BCUT2D eigenvalue weighted by atomic mass is 35.5. The zero-order chi connectivity index (χ0) is 23.8. The fourth-order valence-electron chi connectivity index (χ4n) is 4.18. The highest BCUT2D eigenvalue weighted by Gasteiger charge is 2.25. The summed E-state index contributed by atoms with van der Waals surface area (Å²) in [6.07, 6.45) is 1.29. The minimum absolute atomic E-state index is 0.155. The summed E-state index contributed by atoms with van der Waals surface area (Å²) in [5, 5.41) is 11.5. The molecular formula is C24H24ClFN4O3S. The second kappa shape index (κ2) is 9.50. The Morgan fingerprint density at radius 1 is 1.18 bits per heavy atom. The van der Waals surface area contributed by atoms with E-state index in [1.54, 1.807) is 6.07 Å². The summed E-state index contributed by atoms with van der Waals surface area (Å²) >= 11 is 8.02. The molecule has 0 aliphatic carbocycles. The SMILES string of the molecule is Cc1c(-c2c(-c3ccc(F)o3)sc3ncnc(O)c23)ccc(OCCN2CCN(C)CC2)c1Cl. The van der Waals surface area contributed by atoms with Crippen LogP contribution in [0.3, 0.4) is 0 Å². The topological polar surface area (TPSA) is 74.9 Å². The number of aromatic nitrogens is 2. The molecule has 0 amide bonds. The molecule has 4 aromatic rings. The Bertz CT molecular complexity index is 1330. The number of thiophene rings is 1. The predicted molar refractivity (Wildman–Crippen MR) is 131 cm³/mol. The van der Waals surface area contributed by atoms with Crippen molar-refractivity contribution in [2.45, 2.75) is 6.92 Å². The van der Waals surface area contributed by atoms with Crippen molar-refractivity contribution in [3.63, 3.8) is 0 Å². The lowest BCUT2D eigenvalue weighted by atomic mass is 9.97. The third-order valence-electron chi connectivity index (χ3n) is 6.15. The third-order valence-corrected chi connectivity index (χ3v) is 7.73. The van der Waals surface area contributed by atoms with Crippen molar-refractivity contribution in [2.24, 2.45) is 0 Å². The Morgan fingerprint density at radius 2 is 1.97 bits per heavy atom. The second-order valence-corrected chi connectivity index (χ2v) is 9.71. The van der Waals surface area contributed by atoms with Crippen LogP contribution in [0.15, 0.2) is 35.0 Å². The number of ether oxygens (including phenoxy) is 1. The second-order valence-electron chi connectivity index (χ2n) is 8.33. The molecule has 3 aromatic heterocycles. The van der Waals surface area contributed by atoms with E-state index in [1.807, 2.05) is 19.1 Å². The van der Waals surface area contributed by atoms with Crippen LogP contribution in [-0.4, -0.2) is 71.3 Å². The van der Waals surface area contributed by atoms with Gasteiger partial charge in [0, 0.05) is 44.4 Å². The first-order chi connectivity index (χ1) is 16.4. The van der Waals surface area contributed by atoms with Gasteiger partial charge in [-0.2, -0.15) is 4.39 Å². The van der Waals surface area contributed by atoms with Crippen molar-refractivity contribution in [2.75, 3.05) is 46.4 Å². The summed E-state index contributed by atoms with van der Waals surface area (Å²) in [5.41, 5.74) is 2.19. The minimum atomic E-state index is -0.687. The van der Waals surface area contributed by atoms with Crippen molar-refractivity contribution >= 4 is 33.2 Å². The van der Waals surface area contributed by atoms with Gasteiger partial charge in [0.25, 0.3) is 6.01 Å². The maximum absolute atomic E-state index is 13.7. The van der Waals surface area contributed by atoms with Gasteiger partial charge < -0.3 is 19.2 Å². The quantitative estimate of drug-likeness (QED) is 0.395. The number of benzene rings is 1. The molecule has 0 radical (unpaired) electrons. The van der Waals surface area contributed by atoms with Gasteiger partial charge in [-0.15, -0.1) is 11.3 Å². The van der Waals surface area contributed by atoms with E-state index in [0.717, 1.165) is 43.9 Å². The fourth-order valence-corrected chi connectivity index (χ4v) is 5.52. The number of furan rings is 1. The summed E-state index contributed by atoms with van der Waals surface area (Å²) in [5.74, 6) is 0.790. The molecule has 1 aliphatic heterocycles. The van der Waals surface area contributed by atoms with Gasteiger partial charge in [0.2, 0.25) is 5.88 Å². The number of aromatic hydroxyl groups is 1. The standard InChI is InChI=1S/C24H24ClFN4O3S/c1-14-15(3-4-16(21(14)25)32-12-11-30-9-7-29(2)8-10-30)19-20-23(31)27-13-28-24(20)34-22(19)17-5-6-18(26)33-17/h3-6,13H,7-12H2,1-2H3,(H,27,28,31). The van der Waals surface area contributed by atoms with Crippen molar-refractivity contribution < 1.29 is 18.7 Å². The largest absolute Gasteiger partial charge is 0.493 e. The number of piperazine rings is 1.